The Bertz CT molecular complexity index is 744. The number of nitrogens with one attached hydrogen (secondary N) is 2. The fourth-order valence-corrected chi connectivity index (χ4v) is 2.37. The molecule has 2 aromatic rings. The van der Waals surface area contributed by atoms with Gasteiger partial charge in [-0.05, 0) is 42.3 Å². The van der Waals surface area contributed by atoms with Crippen molar-refractivity contribution in [2.24, 2.45) is 0 Å². The molecule has 0 unspecified atom stereocenters. The van der Waals surface area contributed by atoms with Gasteiger partial charge in [-0.3, -0.25) is 9.59 Å². The highest BCUT2D eigenvalue weighted by molar-refractivity contribution is 6.30. The number of hydrogen-bond donors (Lipinski definition) is 3. The Kier molecular flexibility index (Phi) is 5.95. The molecule has 6 heteroatoms. The summed E-state index contributed by atoms with van der Waals surface area (Å²) in [4.78, 5) is 23.5. The minimum atomic E-state index is -0.934. The molecule has 0 spiro atoms. The lowest BCUT2D eigenvalue weighted by molar-refractivity contribution is -0.118. The summed E-state index contributed by atoms with van der Waals surface area (Å²) in [5, 5.41) is 16.1. The maximum atomic E-state index is 12.2. The standard InChI is InChI=1S/C18H19ClN2O3/c1-11-3-8-15(20-12(2)22)16(9-11)21-18(24)10-17(23)13-4-6-14(19)7-5-13/h3-9,17,23H,10H2,1-2H3,(H,20,22)(H,21,24)/t17-/m0/s1. The molecule has 126 valence electrons. The number of hydrogen-bond acceptors (Lipinski definition) is 3. The van der Waals surface area contributed by atoms with Crippen LogP contribution in [-0.4, -0.2) is 16.9 Å². The van der Waals surface area contributed by atoms with E-state index >= 15 is 0 Å². The van der Waals surface area contributed by atoms with Crippen molar-refractivity contribution < 1.29 is 14.7 Å². The highest BCUT2D eigenvalue weighted by Gasteiger charge is 2.15. The Labute approximate surface area is 145 Å². The maximum absolute atomic E-state index is 12.2. The summed E-state index contributed by atoms with van der Waals surface area (Å²) in [5.74, 6) is -0.579. The Balaban J connectivity index is 2.07. The van der Waals surface area contributed by atoms with Gasteiger partial charge in [0.15, 0.2) is 0 Å². The van der Waals surface area contributed by atoms with Gasteiger partial charge in [-0.15, -0.1) is 0 Å². The van der Waals surface area contributed by atoms with Crippen LogP contribution in [0.15, 0.2) is 42.5 Å². The summed E-state index contributed by atoms with van der Waals surface area (Å²) < 4.78 is 0. The number of aryl methyl sites for hydroxylation is 1. The first-order chi connectivity index (χ1) is 11.3. The molecule has 2 rings (SSSR count). The van der Waals surface area contributed by atoms with Crippen LogP contribution in [0.5, 0.6) is 0 Å². The number of carbonyl (C=O) groups excluding carboxylic acids is 2. The lowest BCUT2D eigenvalue weighted by atomic mass is 10.1. The molecule has 0 aliphatic carbocycles. The summed E-state index contributed by atoms with van der Waals surface area (Å²) in [6.45, 7) is 3.28. The summed E-state index contributed by atoms with van der Waals surface area (Å²) in [7, 11) is 0. The molecule has 0 bridgehead atoms. The second kappa shape index (κ2) is 7.95. The Morgan fingerprint density at radius 2 is 1.75 bits per heavy atom. The minimum Gasteiger partial charge on any atom is -0.388 e. The van der Waals surface area contributed by atoms with E-state index in [0.29, 0.717) is 22.0 Å². The van der Waals surface area contributed by atoms with Crippen LogP contribution in [0.25, 0.3) is 0 Å². The van der Waals surface area contributed by atoms with Gasteiger partial charge < -0.3 is 15.7 Å². The highest BCUT2D eigenvalue weighted by Crippen LogP contribution is 2.25. The molecule has 5 nitrogen and oxygen atoms in total. The van der Waals surface area contributed by atoms with E-state index in [-0.39, 0.29) is 18.2 Å². The smallest absolute Gasteiger partial charge is 0.227 e. The number of benzene rings is 2. The molecule has 0 fully saturated rings. The normalized spacial score (nSPS) is 11.7. The first kappa shape index (κ1) is 18.0. The average molecular weight is 347 g/mol. The molecule has 2 aromatic carbocycles. The monoisotopic (exact) mass is 346 g/mol. The number of carbonyl (C=O) groups is 2. The topological polar surface area (TPSA) is 78.4 Å². The SMILES string of the molecule is CC(=O)Nc1ccc(C)cc1NC(=O)C[C@H](O)c1ccc(Cl)cc1. The van der Waals surface area contributed by atoms with E-state index in [0.717, 1.165) is 5.56 Å². The fourth-order valence-electron chi connectivity index (χ4n) is 2.24. The third-order valence-electron chi connectivity index (χ3n) is 3.39. The molecule has 0 saturated carbocycles. The molecule has 0 aliphatic heterocycles. The third kappa shape index (κ3) is 5.08. The molecular weight excluding hydrogens is 328 g/mol. The van der Waals surface area contributed by atoms with Crippen molar-refractivity contribution in [1.29, 1.82) is 0 Å². The molecule has 0 aromatic heterocycles. The molecule has 0 radical (unpaired) electrons. The lowest BCUT2D eigenvalue weighted by Crippen LogP contribution is -2.17. The quantitative estimate of drug-likeness (QED) is 0.773. The van der Waals surface area contributed by atoms with Crippen LogP contribution in [0.4, 0.5) is 11.4 Å². The summed E-state index contributed by atoms with van der Waals surface area (Å²) in [5.41, 5.74) is 2.57. The second-order valence-electron chi connectivity index (χ2n) is 5.55. The van der Waals surface area contributed by atoms with Gasteiger partial charge in [0, 0.05) is 11.9 Å². The van der Waals surface area contributed by atoms with Crippen LogP contribution < -0.4 is 10.6 Å². The molecule has 3 N–H and O–H groups in total. The molecule has 2 amide bonds. The van der Waals surface area contributed by atoms with Gasteiger partial charge in [0.1, 0.15) is 0 Å². The fraction of sp³-hybridized carbons (Fsp3) is 0.222. The number of aliphatic hydroxyl groups is 1. The number of amides is 2. The minimum absolute atomic E-state index is 0.102. The summed E-state index contributed by atoms with van der Waals surface area (Å²) in [6, 6.07) is 12.0. The zero-order valence-corrected chi connectivity index (χ0v) is 14.2. The second-order valence-corrected chi connectivity index (χ2v) is 5.99. The number of halogens is 1. The van der Waals surface area contributed by atoms with Crippen LogP contribution >= 0.6 is 11.6 Å². The van der Waals surface area contributed by atoms with Crippen molar-refractivity contribution in [3.8, 4) is 0 Å². The molecule has 1 atom stereocenters. The van der Waals surface area contributed by atoms with Gasteiger partial charge in [-0.25, -0.2) is 0 Å². The first-order valence-corrected chi connectivity index (χ1v) is 7.84. The van der Waals surface area contributed by atoms with Crippen LogP contribution in [0, 0.1) is 6.92 Å². The predicted molar refractivity (Wildman–Crippen MR) is 95.1 cm³/mol. The Hall–Kier alpha value is -2.37. The van der Waals surface area contributed by atoms with Crippen molar-refractivity contribution in [1.82, 2.24) is 0 Å². The first-order valence-electron chi connectivity index (χ1n) is 7.47. The number of rotatable bonds is 5. The van der Waals surface area contributed by atoms with Gasteiger partial charge in [-0.1, -0.05) is 29.8 Å². The third-order valence-corrected chi connectivity index (χ3v) is 3.65. The van der Waals surface area contributed by atoms with Crippen molar-refractivity contribution >= 4 is 34.8 Å². The maximum Gasteiger partial charge on any atom is 0.227 e. The van der Waals surface area contributed by atoms with Crippen molar-refractivity contribution in [2.75, 3.05) is 10.6 Å². The molecular formula is C18H19ClN2O3. The van der Waals surface area contributed by atoms with Crippen LogP contribution in [-0.2, 0) is 9.59 Å². The predicted octanol–water partition coefficient (Wildman–Crippen LogP) is 3.67. The largest absolute Gasteiger partial charge is 0.388 e. The molecule has 0 heterocycles. The van der Waals surface area contributed by atoms with Crippen molar-refractivity contribution in [3.05, 3.63) is 58.6 Å². The zero-order valence-electron chi connectivity index (χ0n) is 13.5. The van der Waals surface area contributed by atoms with Gasteiger partial charge in [0.05, 0.1) is 23.9 Å². The van der Waals surface area contributed by atoms with Gasteiger partial charge in [-0.2, -0.15) is 0 Å². The van der Waals surface area contributed by atoms with E-state index in [1.54, 1.807) is 36.4 Å². The van der Waals surface area contributed by atoms with E-state index in [4.69, 9.17) is 11.6 Å². The molecule has 24 heavy (non-hydrogen) atoms. The van der Waals surface area contributed by atoms with Gasteiger partial charge in [0.25, 0.3) is 0 Å². The van der Waals surface area contributed by atoms with E-state index in [1.807, 2.05) is 13.0 Å². The van der Waals surface area contributed by atoms with Gasteiger partial charge >= 0.3 is 0 Å². The molecule has 0 aliphatic rings. The number of anilines is 2. The van der Waals surface area contributed by atoms with Crippen molar-refractivity contribution in [2.45, 2.75) is 26.4 Å². The zero-order chi connectivity index (χ0) is 17.7. The van der Waals surface area contributed by atoms with E-state index in [1.165, 1.54) is 6.92 Å². The molecule has 0 saturated heterocycles. The van der Waals surface area contributed by atoms with Crippen LogP contribution in [0.3, 0.4) is 0 Å². The average Bonchev–Trinajstić information content (AvgIpc) is 2.50. The highest BCUT2D eigenvalue weighted by atomic mass is 35.5. The van der Waals surface area contributed by atoms with E-state index in [9.17, 15) is 14.7 Å². The summed E-state index contributed by atoms with van der Waals surface area (Å²) >= 11 is 5.81. The van der Waals surface area contributed by atoms with Crippen LogP contribution in [0.2, 0.25) is 5.02 Å². The summed E-state index contributed by atoms with van der Waals surface area (Å²) in [6.07, 6.45) is -1.04. The Morgan fingerprint density at radius 1 is 1.08 bits per heavy atom. The lowest BCUT2D eigenvalue weighted by Gasteiger charge is -2.14. The van der Waals surface area contributed by atoms with Gasteiger partial charge in [0.2, 0.25) is 11.8 Å². The van der Waals surface area contributed by atoms with E-state index < -0.39 is 6.10 Å². The van der Waals surface area contributed by atoms with Crippen molar-refractivity contribution in [3.63, 3.8) is 0 Å². The number of aliphatic hydroxyl groups excluding tert-OH is 1. The van der Waals surface area contributed by atoms with E-state index in [2.05, 4.69) is 10.6 Å². The Morgan fingerprint density at radius 3 is 2.38 bits per heavy atom. The van der Waals surface area contributed by atoms with Crippen LogP contribution in [0.1, 0.15) is 30.6 Å².